The zero-order valence-corrected chi connectivity index (χ0v) is 23.0. The Kier molecular flexibility index (Phi) is 9.40. The molecule has 39 heavy (non-hydrogen) atoms. The molecule has 0 radical (unpaired) electrons. The minimum Gasteiger partial charge on any atom is -0.469 e. The van der Waals surface area contributed by atoms with Gasteiger partial charge in [0.2, 0.25) is 12.7 Å². The quantitative estimate of drug-likeness (QED) is 0.275. The highest BCUT2D eigenvalue weighted by atomic mass is 16.7. The van der Waals surface area contributed by atoms with Crippen molar-refractivity contribution in [2.24, 2.45) is 5.92 Å². The topological polar surface area (TPSA) is 103 Å². The molecule has 9 nitrogen and oxygen atoms in total. The van der Waals surface area contributed by atoms with Crippen LogP contribution in [-0.2, 0) is 22.5 Å². The number of unbranched alkanes of at least 4 members (excludes halogenated alkanes) is 1. The molecule has 1 atom stereocenters. The molecule has 1 unspecified atom stereocenters. The number of methoxy groups -OCH3 is 1. The molecule has 3 heterocycles. The van der Waals surface area contributed by atoms with Crippen molar-refractivity contribution in [1.82, 2.24) is 15.2 Å². The number of carbonyl (C=O) groups excluding carboxylic acids is 2. The van der Waals surface area contributed by atoms with Crippen LogP contribution >= 0.6 is 0 Å². The Balaban J connectivity index is 0.00000370. The second-order valence-corrected chi connectivity index (χ2v) is 11.0. The Hall–Kier alpha value is -3.07. The van der Waals surface area contributed by atoms with E-state index >= 15 is 0 Å². The van der Waals surface area contributed by atoms with Crippen LogP contribution in [0.5, 0.6) is 11.5 Å². The summed E-state index contributed by atoms with van der Waals surface area (Å²) in [5, 5.41) is 3.01. The van der Waals surface area contributed by atoms with E-state index in [1.807, 2.05) is 12.1 Å². The molecule has 0 bridgehead atoms. The predicted molar refractivity (Wildman–Crippen MR) is 147 cm³/mol. The maximum absolute atomic E-state index is 12.7. The van der Waals surface area contributed by atoms with Crippen molar-refractivity contribution in [2.45, 2.75) is 89.6 Å². The van der Waals surface area contributed by atoms with E-state index < -0.39 is 0 Å². The van der Waals surface area contributed by atoms with Crippen LogP contribution in [0.2, 0.25) is 0 Å². The SMILES string of the molecule is COC(=O)CCc1cc2c(cc1CN1CCCC1c1nc(C(=O)NCCCCC3CCCCC3)co1)OCO2.[HH]. The molecule has 1 saturated heterocycles. The molecule has 2 aromatic rings. The van der Waals surface area contributed by atoms with Gasteiger partial charge >= 0.3 is 5.97 Å². The first kappa shape index (κ1) is 27.5. The summed E-state index contributed by atoms with van der Waals surface area (Å²) in [7, 11) is 1.40. The van der Waals surface area contributed by atoms with Gasteiger partial charge in [0.25, 0.3) is 5.91 Å². The van der Waals surface area contributed by atoms with Gasteiger partial charge < -0.3 is 23.9 Å². The van der Waals surface area contributed by atoms with Gasteiger partial charge in [-0.2, -0.15) is 0 Å². The van der Waals surface area contributed by atoms with Crippen molar-refractivity contribution in [3.05, 3.63) is 41.1 Å². The first-order valence-electron chi connectivity index (χ1n) is 14.6. The van der Waals surface area contributed by atoms with Crippen molar-refractivity contribution in [3.8, 4) is 11.5 Å². The molecule has 2 aliphatic heterocycles. The summed E-state index contributed by atoms with van der Waals surface area (Å²) in [6, 6.07) is 3.96. The van der Waals surface area contributed by atoms with Gasteiger partial charge in [-0.3, -0.25) is 14.5 Å². The Morgan fingerprint density at radius 3 is 2.67 bits per heavy atom. The van der Waals surface area contributed by atoms with Gasteiger partial charge in [0.05, 0.1) is 13.2 Å². The molecule has 214 valence electrons. The van der Waals surface area contributed by atoms with E-state index in [1.165, 1.54) is 51.9 Å². The highest BCUT2D eigenvalue weighted by Gasteiger charge is 2.31. The first-order valence-corrected chi connectivity index (χ1v) is 14.6. The number of nitrogens with zero attached hydrogens (tertiary/aromatic N) is 2. The Morgan fingerprint density at radius 1 is 1.08 bits per heavy atom. The number of amides is 1. The fourth-order valence-electron chi connectivity index (χ4n) is 6.13. The Morgan fingerprint density at radius 2 is 1.87 bits per heavy atom. The number of hydrogen-bond donors (Lipinski definition) is 1. The van der Waals surface area contributed by atoms with Crippen molar-refractivity contribution < 1.29 is 29.6 Å². The molecule has 9 heteroatoms. The molecule has 2 fully saturated rings. The van der Waals surface area contributed by atoms with Gasteiger partial charge in [0, 0.05) is 20.9 Å². The van der Waals surface area contributed by atoms with Crippen LogP contribution in [0.15, 0.2) is 22.8 Å². The standard InChI is InChI=1S/C30H41N3O6.H2/c1-36-28(34)13-12-22-16-26-27(39-20-38-26)17-23(22)18-33-15-7-11-25(33)30-32-24(19-37-30)29(35)31-14-6-5-10-21-8-3-2-4-9-21;/h16-17,19,21,25H,2-15,18,20H2,1H3,(H,31,35);1H. The molecule has 1 aromatic heterocycles. The summed E-state index contributed by atoms with van der Waals surface area (Å²) in [4.78, 5) is 31.4. The van der Waals surface area contributed by atoms with Gasteiger partial charge in [-0.15, -0.1) is 0 Å². The molecular weight excluding hydrogens is 498 g/mol. The average molecular weight is 542 g/mol. The third-order valence-corrected chi connectivity index (χ3v) is 8.35. The lowest BCUT2D eigenvalue weighted by atomic mass is 9.86. The van der Waals surface area contributed by atoms with E-state index in [1.54, 1.807) is 0 Å². The fourth-order valence-corrected chi connectivity index (χ4v) is 6.13. The van der Waals surface area contributed by atoms with Gasteiger partial charge in [0.15, 0.2) is 17.2 Å². The average Bonchev–Trinajstić information content (AvgIpc) is 3.72. The zero-order chi connectivity index (χ0) is 27.0. The maximum atomic E-state index is 12.7. The van der Waals surface area contributed by atoms with Crippen LogP contribution in [0.25, 0.3) is 0 Å². The summed E-state index contributed by atoms with van der Waals surface area (Å²) in [5.41, 5.74) is 2.45. The molecule has 1 aliphatic carbocycles. The minimum atomic E-state index is -0.243. The highest BCUT2D eigenvalue weighted by molar-refractivity contribution is 5.91. The van der Waals surface area contributed by atoms with Crippen LogP contribution in [0.1, 0.15) is 106 Å². The Labute approximate surface area is 232 Å². The van der Waals surface area contributed by atoms with E-state index in [4.69, 9.17) is 18.6 Å². The number of hydrogen-bond acceptors (Lipinski definition) is 8. The van der Waals surface area contributed by atoms with Crippen molar-refractivity contribution in [1.29, 1.82) is 0 Å². The number of likely N-dealkylation sites (tertiary alicyclic amines) is 1. The van der Waals surface area contributed by atoms with Crippen LogP contribution in [-0.4, -0.2) is 48.8 Å². The van der Waals surface area contributed by atoms with Gasteiger partial charge in [-0.05, 0) is 61.4 Å². The normalized spacial score (nSPS) is 19.4. The number of oxazole rings is 1. The zero-order valence-electron chi connectivity index (χ0n) is 23.0. The van der Waals surface area contributed by atoms with E-state index in [2.05, 4.69) is 15.2 Å². The number of fused-ring (bicyclic) bond motifs is 1. The molecule has 5 rings (SSSR count). The van der Waals surface area contributed by atoms with Crippen molar-refractivity contribution in [2.75, 3.05) is 27.0 Å². The first-order chi connectivity index (χ1) is 19.1. The lowest BCUT2D eigenvalue weighted by Crippen LogP contribution is -2.26. The second kappa shape index (κ2) is 13.3. The van der Waals surface area contributed by atoms with Gasteiger partial charge in [-0.1, -0.05) is 44.9 Å². The number of ether oxygens (including phenoxy) is 3. The highest BCUT2D eigenvalue weighted by Crippen LogP contribution is 2.38. The van der Waals surface area contributed by atoms with Crippen LogP contribution in [0.3, 0.4) is 0 Å². The Bertz CT molecular complexity index is 1130. The predicted octanol–water partition coefficient (Wildman–Crippen LogP) is 5.57. The summed E-state index contributed by atoms with van der Waals surface area (Å²) in [6.45, 7) is 2.41. The molecular formula is C30H43N3O6. The maximum Gasteiger partial charge on any atom is 0.305 e. The van der Waals surface area contributed by atoms with Gasteiger partial charge in [0.1, 0.15) is 6.26 Å². The monoisotopic (exact) mass is 541 g/mol. The molecule has 1 N–H and O–H groups in total. The fraction of sp³-hybridized carbons (Fsp3) is 0.633. The molecule has 0 spiro atoms. The van der Waals surface area contributed by atoms with E-state index in [0.717, 1.165) is 55.0 Å². The van der Waals surface area contributed by atoms with Crippen molar-refractivity contribution in [3.63, 3.8) is 0 Å². The molecule has 1 aromatic carbocycles. The number of carbonyl (C=O) groups is 2. The number of nitrogens with one attached hydrogen (secondary N) is 1. The summed E-state index contributed by atoms with van der Waals surface area (Å²) in [5.74, 6) is 2.46. The number of aromatic nitrogens is 1. The van der Waals surface area contributed by atoms with E-state index in [9.17, 15) is 9.59 Å². The van der Waals surface area contributed by atoms with Crippen LogP contribution in [0.4, 0.5) is 0 Å². The lowest BCUT2D eigenvalue weighted by molar-refractivity contribution is -0.140. The lowest BCUT2D eigenvalue weighted by Gasteiger charge is -2.23. The smallest absolute Gasteiger partial charge is 0.305 e. The van der Waals surface area contributed by atoms with E-state index in [-0.39, 0.29) is 26.1 Å². The molecule has 1 saturated carbocycles. The largest absolute Gasteiger partial charge is 0.469 e. The number of aryl methyl sites for hydroxylation is 1. The number of esters is 1. The molecule has 3 aliphatic rings. The number of rotatable bonds is 12. The van der Waals surface area contributed by atoms with Crippen LogP contribution < -0.4 is 14.8 Å². The number of benzene rings is 1. The van der Waals surface area contributed by atoms with Crippen molar-refractivity contribution >= 4 is 11.9 Å². The van der Waals surface area contributed by atoms with E-state index in [0.29, 0.717) is 43.3 Å². The third kappa shape index (κ3) is 7.12. The minimum absolute atomic E-state index is 0. The van der Waals surface area contributed by atoms with Gasteiger partial charge in [-0.25, -0.2) is 4.98 Å². The summed E-state index contributed by atoms with van der Waals surface area (Å²) in [6.07, 6.45) is 14.6. The van der Waals surface area contributed by atoms with Crippen LogP contribution in [0, 0.1) is 5.92 Å². The third-order valence-electron chi connectivity index (χ3n) is 8.35. The molecule has 1 amide bonds. The second-order valence-electron chi connectivity index (χ2n) is 11.0. The summed E-state index contributed by atoms with van der Waals surface area (Å²) >= 11 is 0. The summed E-state index contributed by atoms with van der Waals surface area (Å²) < 4.78 is 21.8.